The first-order chi connectivity index (χ1) is 12.0. The van der Waals surface area contributed by atoms with Gasteiger partial charge in [-0.15, -0.1) is 0 Å². The number of carbonyl (C=O) groups is 1. The van der Waals surface area contributed by atoms with Gasteiger partial charge in [0.15, 0.2) is 0 Å². The van der Waals surface area contributed by atoms with Crippen molar-refractivity contribution < 1.29 is 9.90 Å². The zero-order valence-electron chi connectivity index (χ0n) is 15.8. The van der Waals surface area contributed by atoms with Gasteiger partial charge < -0.3 is 10.4 Å². The summed E-state index contributed by atoms with van der Waals surface area (Å²) in [5, 5.41) is 12.1. The number of hydrogen-bond acceptors (Lipinski definition) is 2. The van der Waals surface area contributed by atoms with Gasteiger partial charge in [0.1, 0.15) is 0 Å². The van der Waals surface area contributed by atoms with Crippen molar-refractivity contribution in [2.45, 2.75) is 52.1 Å². The normalized spacial score (nSPS) is 13.6. The number of hydrogen-bond donors (Lipinski definition) is 2. The van der Waals surface area contributed by atoms with E-state index in [0.717, 1.165) is 19.3 Å². The summed E-state index contributed by atoms with van der Waals surface area (Å²) in [6, 6.07) is 0. The molecule has 0 aromatic carbocycles. The SMILES string of the molecule is CCCC=CC=CC=CC=CCCC=CC=CC(=O)NCC(C)(C)O. The van der Waals surface area contributed by atoms with Gasteiger partial charge in [-0.05, 0) is 33.1 Å². The van der Waals surface area contributed by atoms with Crippen LogP contribution >= 0.6 is 0 Å². The van der Waals surface area contributed by atoms with Gasteiger partial charge in [-0.25, -0.2) is 0 Å². The van der Waals surface area contributed by atoms with E-state index in [9.17, 15) is 9.90 Å². The van der Waals surface area contributed by atoms with Crippen LogP contribution in [0.5, 0.6) is 0 Å². The van der Waals surface area contributed by atoms with Crippen LogP contribution in [0, 0.1) is 0 Å². The maximum Gasteiger partial charge on any atom is 0.244 e. The zero-order chi connectivity index (χ0) is 18.8. The molecule has 1 amide bonds. The molecule has 2 N–H and O–H groups in total. The molecule has 0 aliphatic heterocycles. The number of nitrogens with one attached hydrogen (secondary N) is 1. The monoisotopic (exact) mass is 343 g/mol. The highest BCUT2D eigenvalue weighted by molar-refractivity contribution is 5.87. The highest BCUT2D eigenvalue weighted by Gasteiger charge is 2.12. The Bertz CT molecular complexity index is 515. The van der Waals surface area contributed by atoms with Crippen LogP contribution in [0.1, 0.15) is 46.5 Å². The van der Waals surface area contributed by atoms with Gasteiger partial charge >= 0.3 is 0 Å². The molecule has 0 bridgehead atoms. The fraction of sp³-hybridized carbons (Fsp3) is 0.409. The van der Waals surface area contributed by atoms with E-state index in [2.05, 4.69) is 30.5 Å². The Balaban J connectivity index is 3.77. The fourth-order valence-corrected chi connectivity index (χ4v) is 1.65. The molecule has 0 saturated carbocycles. The van der Waals surface area contributed by atoms with E-state index in [1.54, 1.807) is 19.9 Å². The Kier molecular flexibility index (Phi) is 14.1. The Hall–Kier alpha value is -2.13. The van der Waals surface area contributed by atoms with Gasteiger partial charge in [-0.3, -0.25) is 4.79 Å². The third kappa shape index (κ3) is 19.8. The number of rotatable bonds is 12. The highest BCUT2D eigenvalue weighted by atomic mass is 16.3. The van der Waals surface area contributed by atoms with E-state index in [-0.39, 0.29) is 12.5 Å². The number of amides is 1. The molecule has 0 unspecified atom stereocenters. The lowest BCUT2D eigenvalue weighted by molar-refractivity contribution is -0.117. The third-order valence-electron chi connectivity index (χ3n) is 2.97. The topological polar surface area (TPSA) is 49.3 Å². The van der Waals surface area contributed by atoms with Crippen molar-refractivity contribution in [3.05, 3.63) is 72.9 Å². The summed E-state index contributed by atoms with van der Waals surface area (Å²) in [5.74, 6) is -0.200. The second-order valence-corrected chi connectivity index (χ2v) is 6.31. The van der Waals surface area contributed by atoms with Gasteiger partial charge in [0.25, 0.3) is 0 Å². The predicted octanol–water partition coefficient (Wildman–Crippen LogP) is 4.79. The van der Waals surface area contributed by atoms with E-state index in [4.69, 9.17) is 0 Å². The number of aliphatic hydroxyl groups is 1. The van der Waals surface area contributed by atoms with Gasteiger partial charge in [0.2, 0.25) is 5.91 Å². The van der Waals surface area contributed by atoms with Crippen LogP contribution < -0.4 is 5.32 Å². The summed E-state index contributed by atoms with van der Waals surface area (Å²) in [5.41, 5.74) is -0.887. The molecule has 0 fully saturated rings. The van der Waals surface area contributed by atoms with E-state index in [0.29, 0.717) is 0 Å². The number of carbonyl (C=O) groups excluding carboxylic acids is 1. The molecule has 0 atom stereocenters. The highest BCUT2D eigenvalue weighted by Crippen LogP contribution is 1.97. The van der Waals surface area contributed by atoms with Crippen LogP contribution in [0.25, 0.3) is 0 Å². The molecule has 0 aliphatic carbocycles. The van der Waals surface area contributed by atoms with Gasteiger partial charge in [-0.1, -0.05) is 80.2 Å². The van der Waals surface area contributed by atoms with Gasteiger partial charge in [0, 0.05) is 12.6 Å². The maximum absolute atomic E-state index is 11.5. The van der Waals surface area contributed by atoms with Crippen molar-refractivity contribution in [3.8, 4) is 0 Å². The minimum atomic E-state index is -0.887. The smallest absolute Gasteiger partial charge is 0.244 e. The molecule has 25 heavy (non-hydrogen) atoms. The van der Waals surface area contributed by atoms with Crippen LogP contribution in [0.15, 0.2) is 72.9 Å². The average molecular weight is 344 g/mol. The molecule has 0 radical (unpaired) electrons. The molecule has 0 aromatic rings. The van der Waals surface area contributed by atoms with Crippen LogP contribution in [0.3, 0.4) is 0 Å². The lowest BCUT2D eigenvalue weighted by Gasteiger charge is -2.16. The Morgan fingerprint density at radius 3 is 1.84 bits per heavy atom. The van der Waals surface area contributed by atoms with Crippen molar-refractivity contribution >= 4 is 5.91 Å². The summed E-state index contributed by atoms with van der Waals surface area (Å²) in [6.07, 6.45) is 27.7. The van der Waals surface area contributed by atoms with E-state index in [1.165, 1.54) is 12.5 Å². The van der Waals surface area contributed by atoms with E-state index >= 15 is 0 Å². The first-order valence-electron chi connectivity index (χ1n) is 8.94. The lowest BCUT2D eigenvalue weighted by Crippen LogP contribution is -2.37. The molecule has 138 valence electrons. The summed E-state index contributed by atoms with van der Waals surface area (Å²) in [6.45, 7) is 5.71. The van der Waals surface area contributed by atoms with Gasteiger partial charge in [-0.2, -0.15) is 0 Å². The Morgan fingerprint density at radius 2 is 1.32 bits per heavy atom. The molecule has 0 spiro atoms. The third-order valence-corrected chi connectivity index (χ3v) is 2.97. The second-order valence-electron chi connectivity index (χ2n) is 6.31. The molecular formula is C22H33NO2. The molecule has 0 saturated heterocycles. The first-order valence-corrected chi connectivity index (χ1v) is 8.94. The lowest BCUT2D eigenvalue weighted by atomic mass is 10.1. The zero-order valence-corrected chi connectivity index (χ0v) is 15.8. The summed E-state index contributed by atoms with van der Waals surface area (Å²) in [7, 11) is 0. The van der Waals surface area contributed by atoms with Crippen molar-refractivity contribution in [2.24, 2.45) is 0 Å². The first kappa shape index (κ1) is 22.9. The van der Waals surface area contributed by atoms with Crippen molar-refractivity contribution in [2.75, 3.05) is 6.54 Å². The fourth-order valence-electron chi connectivity index (χ4n) is 1.65. The van der Waals surface area contributed by atoms with Crippen molar-refractivity contribution in [1.82, 2.24) is 5.32 Å². The molecule has 3 nitrogen and oxygen atoms in total. The standard InChI is InChI=1S/C22H33NO2/c1-4-5-6-7-8-9-10-11-12-13-14-15-16-17-18-19-21(24)23-20-22(2,3)25/h6-13,16-19,25H,4-5,14-15,20H2,1-3H3,(H,23,24). The second kappa shape index (κ2) is 15.4. The Morgan fingerprint density at radius 1 is 0.840 bits per heavy atom. The number of unbranched alkanes of at least 4 members (excludes halogenated alkanes) is 2. The molecule has 0 aromatic heterocycles. The molecule has 3 heteroatoms. The minimum absolute atomic E-state index is 0.200. The molecule has 0 heterocycles. The molecule has 0 rings (SSSR count). The molecule has 0 aliphatic rings. The number of allylic oxidation sites excluding steroid dienone is 11. The van der Waals surface area contributed by atoms with Crippen LogP contribution in [0.4, 0.5) is 0 Å². The van der Waals surface area contributed by atoms with Crippen molar-refractivity contribution in [3.63, 3.8) is 0 Å². The average Bonchev–Trinajstić information content (AvgIpc) is 2.56. The quantitative estimate of drug-likeness (QED) is 0.304. The van der Waals surface area contributed by atoms with Crippen LogP contribution in [-0.4, -0.2) is 23.2 Å². The van der Waals surface area contributed by atoms with Crippen LogP contribution in [0.2, 0.25) is 0 Å². The van der Waals surface area contributed by atoms with Crippen LogP contribution in [-0.2, 0) is 4.79 Å². The predicted molar refractivity (Wildman–Crippen MR) is 108 cm³/mol. The largest absolute Gasteiger partial charge is 0.389 e. The van der Waals surface area contributed by atoms with Crippen molar-refractivity contribution in [1.29, 1.82) is 0 Å². The summed E-state index contributed by atoms with van der Waals surface area (Å²) < 4.78 is 0. The van der Waals surface area contributed by atoms with Gasteiger partial charge in [0.05, 0.1) is 5.60 Å². The van der Waals surface area contributed by atoms with E-state index < -0.39 is 5.60 Å². The Labute approximate surface area is 153 Å². The molecular weight excluding hydrogens is 310 g/mol. The summed E-state index contributed by atoms with van der Waals surface area (Å²) >= 11 is 0. The summed E-state index contributed by atoms with van der Waals surface area (Å²) in [4.78, 5) is 11.5. The maximum atomic E-state index is 11.5. The minimum Gasteiger partial charge on any atom is -0.389 e. The van der Waals surface area contributed by atoms with E-state index in [1.807, 2.05) is 42.5 Å².